The van der Waals surface area contributed by atoms with Crippen molar-refractivity contribution in [2.75, 3.05) is 13.1 Å². The summed E-state index contributed by atoms with van der Waals surface area (Å²) in [5.74, 6) is 0.0898. The number of carbonyl (C=O) groups excluding carboxylic acids is 2. The molecular formula is C30H42BrFN4O2. The van der Waals surface area contributed by atoms with Crippen LogP contribution in [0.4, 0.5) is 4.39 Å². The van der Waals surface area contributed by atoms with Crippen molar-refractivity contribution in [3.05, 3.63) is 80.8 Å². The molecule has 0 bridgehead atoms. The van der Waals surface area contributed by atoms with Gasteiger partial charge in [0.2, 0.25) is 11.7 Å². The highest BCUT2D eigenvalue weighted by molar-refractivity contribution is 9.12. The Morgan fingerprint density at radius 1 is 1.18 bits per heavy atom. The smallest absolute Gasteiger partial charge is 0.206 e. The number of carbonyl (C=O) groups is 2. The van der Waals surface area contributed by atoms with Crippen LogP contribution in [0.3, 0.4) is 0 Å². The summed E-state index contributed by atoms with van der Waals surface area (Å²) >= 11 is 3.46. The van der Waals surface area contributed by atoms with Crippen molar-refractivity contribution in [1.29, 1.82) is 0 Å². The molecule has 0 aliphatic heterocycles. The Balaban J connectivity index is 3.63. The van der Waals surface area contributed by atoms with E-state index < -0.39 is 6.17 Å². The van der Waals surface area contributed by atoms with Gasteiger partial charge in [0.1, 0.15) is 18.2 Å². The molecule has 0 saturated carbocycles. The Bertz CT molecular complexity index is 1100. The highest BCUT2D eigenvalue weighted by atomic mass is 79.9. The van der Waals surface area contributed by atoms with Crippen molar-refractivity contribution in [2.24, 2.45) is 4.99 Å². The van der Waals surface area contributed by atoms with Crippen molar-refractivity contribution < 1.29 is 14.0 Å². The fourth-order valence-electron chi connectivity index (χ4n) is 3.46. The topological polar surface area (TPSA) is 73.8 Å². The molecule has 0 spiro atoms. The molecule has 8 heteroatoms. The Labute approximate surface area is 236 Å². The third-order valence-electron chi connectivity index (χ3n) is 5.68. The first kappa shape index (κ1) is 33.0. The fraction of sp³-hybridized carbons (Fsp3) is 0.433. The molecule has 1 aliphatic rings. The van der Waals surface area contributed by atoms with E-state index in [0.29, 0.717) is 10.4 Å². The number of alkyl halides is 1. The van der Waals surface area contributed by atoms with Crippen LogP contribution >= 0.6 is 15.9 Å². The third kappa shape index (κ3) is 10.8. The van der Waals surface area contributed by atoms with Crippen LogP contribution in [0, 0.1) is 0 Å². The van der Waals surface area contributed by atoms with Gasteiger partial charge in [-0.1, -0.05) is 46.7 Å². The molecule has 6 nitrogen and oxygen atoms in total. The lowest BCUT2D eigenvalue weighted by Crippen LogP contribution is -2.43. The zero-order valence-electron chi connectivity index (χ0n) is 23.9. The summed E-state index contributed by atoms with van der Waals surface area (Å²) in [6.45, 7) is 15.5. The lowest BCUT2D eigenvalue weighted by Gasteiger charge is -2.27. The standard InChI is InChI=1S/C30H42BrFN4O2/c1-9-22(8)33-27-18-29(38)28(17-23(27)10-2)35-30(34-25(12-4)15-20(5)6)36(13-14-37)19-24(11-3)26(31)16-21(7)32/h10-12,14-18,21-22,33H,9,13,19H2,1-8H3,(H,34,35)/b23-10-,24-11-,25-12+,26-16+. The van der Waals surface area contributed by atoms with Gasteiger partial charge in [0.15, 0.2) is 0 Å². The van der Waals surface area contributed by atoms with Gasteiger partial charge >= 0.3 is 0 Å². The van der Waals surface area contributed by atoms with Crippen LogP contribution in [-0.4, -0.2) is 48.2 Å². The molecule has 0 aromatic carbocycles. The summed E-state index contributed by atoms with van der Waals surface area (Å²) in [6, 6.07) is 0.210. The summed E-state index contributed by atoms with van der Waals surface area (Å²) in [4.78, 5) is 31.4. The first-order valence-corrected chi connectivity index (χ1v) is 13.7. The Kier molecular flexibility index (Phi) is 14.6. The number of hydrogen-bond acceptors (Lipinski definition) is 4. The van der Waals surface area contributed by atoms with Crippen LogP contribution in [0.5, 0.6) is 0 Å². The highest BCUT2D eigenvalue weighted by Gasteiger charge is 2.22. The van der Waals surface area contributed by atoms with Crippen LogP contribution in [0.1, 0.15) is 61.8 Å². The number of hydrogen-bond donors (Lipinski definition) is 2. The predicted octanol–water partition coefficient (Wildman–Crippen LogP) is 6.57. The normalized spacial score (nSPS) is 17.9. The molecule has 0 aromatic rings. The van der Waals surface area contributed by atoms with E-state index in [2.05, 4.69) is 40.4 Å². The van der Waals surface area contributed by atoms with Gasteiger partial charge in [0, 0.05) is 34.5 Å². The largest absolute Gasteiger partial charge is 0.382 e. The molecular weight excluding hydrogens is 547 g/mol. The molecule has 1 aliphatic carbocycles. The molecule has 38 heavy (non-hydrogen) atoms. The second-order valence-electron chi connectivity index (χ2n) is 9.23. The van der Waals surface area contributed by atoms with Gasteiger partial charge in [-0.05, 0) is 84.3 Å². The maximum atomic E-state index is 13.7. The number of guanidine groups is 1. The van der Waals surface area contributed by atoms with E-state index in [1.807, 2.05) is 58.9 Å². The molecule has 0 saturated heterocycles. The lowest BCUT2D eigenvalue weighted by atomic mass is 10.0. The molecule has 0 fully saturated rings. The van der Waals surface area contributed by atoms with E-state index in [4.69, 9.17) is 4.99 Å². The average Bonchev–Trinajstić information content (AvgIpc) is 2.85. The summed E-state index contributed by atoms with van der Waals surface area (Å²) in [6.07, 6.45) is 12.9. The molecule has 208 valence electrons. The van der Waals surface area contributed by atoms with E-state index in [9.17, 15) is 14.0 Å². The zero-order valence-corrected chi connectivity index (χ0v) is 25.4. The minimum absolute atomic E-state index is 0.00898. The van der Waals surface area contributed by atoms with Gasteiger partial charge in [-0.2, -0.15) is 0 Å². The SMILES string of the molecule is C/C=C1/C=C(N=C(N/C(C=C(C)C)=C/C)N(CC=O)CC(=C/C)/C(Br)=C\C(C)F)C(=O)C=C1NC(C)CC. The average molecular weight is 590 g/mol. The van der Waals surface area contributed by atoms with Gasteiger partial charge in [-0.25, -0.2) is 9.38 Å². The first-order chi connectivity index (χ1) is 18.0. The number of ketones is 1. The second-order valence-corrected chi connectivity index (χ2v) is 10.1. The minimum Gasteiger partial charge on any atom is -0.382 e. The zero-order chi connectivity index (χ0) is 28.8. The van der Waals surface area contributed by atoms with Crippen molar-refractivity contribution in [3.63, 3.8) is 0 Å². The molecule has 0 heterocycles. The quantitative estimate of drug-likeness (QED) is 0.117. The van der Waals surface area contributed by atoms with Crippen LogP contribution in [0.25, 0.3) is 0 Å². The monoisotopic (exact) mass is 588 g/mol. The molecule has 2 unspecified atom stereocenters. The molecule has 0 radical (unpaired) electrons. The minimum atomic E-state index is -1.15. The van der Waals surface area contributed by atoms with Gasteiger partial charge in [-0.15, -0.1) is 0 Å². The van der Waals surface area contributed by atoms with Crippen molar-refractivity contribution in [3.8, 4) is 0 Å². The maximum Gasteiger partial charge on any atom is 0.206 e. The summed E-state index contributed by atoms with van der Waals surface area (Å²) in [7, 11) is 0. The van der Waals surface area contributed by atoms with Crippen molar-refractivity contribution >= 4 is 34.0 Å². The third-order valence-corrected chi connectivity index (χ3v) is 6.45. The van der Waals surface area contributed by atoms with Crippen LogP contribution in [0.15, 0.2) is 85.8 Å². The van der Waals surface area contributed by atoms with Crippen molar-refractivity contribution in [1.82, 2.24) is 15.5 Å². The summed E-state index contributed by atoms with van der Waals surface area (Å²) in [5.41, 5.74) is 4.46. The molecule has 2 N–H and O–H groups in total. The van der Waals surface area contributed by atoms with Crippen molar-refractivity contribution in [2.45, 2.75) is 74.0 Å². The lowest BCUT2D eigenvalue weighted by molar-refractivity contribution is -0.111. The highest BCUT2D eigenvalue weighted by Crippen LogP contribution is 2.23. The van der Waals surface area contributed by atoms with Crippen LogP contribution < -0.4 is 10.6 Å². The molecule has 1 rings (SSSR count). The van der Waals surface area contributed by atoms with E-state index in [1.54, 1.807) is 17.1 Å². The number of rotatable bonds is 12. The van der Waals surface area contributed by atoms with Crippen LogP contribution in [0.2, 0.25) is 0 Å². The van der Waals surface area contributed by atoms with Gasteiger partial charge < -0.3 is 20.3 Å². The van der Waals surface area contributed by atoms with E-state index in [0.717, 1.165) is 40.8 Å². The number of nitrogens with one attached hydrogen (secondary N) is 2. The second kappa shape index (κ2) is 16.8. The summed E-state index contributed by atoms with van der Waals surface area (Å²) in [5, 5.41) is 6.68. The number of nitrogens with zero attached hydrogens (tertiary/aromatic N) is 2. The van der Waals surface area contributed by atoms with E-state index in [1.165, 1.54) is 13.0 Å². The van der Waals surface area contributed by atoms with E-state index in [-0.39, 0.29) is 30.6 Å². The Morgan fingerprint density at radius 2 is 1.87 bits per heavy atom. The fourth-order valence-corrected chi connectivity index (χ4v) is 4.18. The summed E-state index contributed by atoms with van der Waals surface area (Å²) < 4.78 is 14.3. The van der Waals surface area contributed by atoms with Gasteiger partial charge in [0.25, 0.3) is 0 Å². The van der Waals surface area contributed by atoms with Gasteiger partial charge in [-0.3, -0.25) is 4.79 Å². The van der Waals surface area contributed by atoms with Crippen LogP contribution in [-0.2, 0) is 9.59 Å². The number of allylic oxidation sites excluding steroid dienone is 8. The maximum absolute atomic E-state index is 13.7. The van der Waals surface area contributed by atoms with Gasteiger partial charge in [0.05, 0.1) is 6.54 Å². The number of aldehydes is 1. The first-order valence-electron chi connectivity index (χ1n) is 12.9. The Morgan fingerprint density at radius 3 is 2.37 bits per heavy atom. The number of aliphatic imine (C=N–C) groups is 1. The molecule has 2 atom stereocenters. The number of halogens is 2. The predicted molar refractivity (Wildman–Crippen MR) is 161 cm³/mol. The molecule has 0 amide bonds. The molecule has 0 aromatic heterocycles. The Hall–Kier alpha value is -3.00. The van der Waals surface area contributed by atoms with E-state index >= 15 is 0 Å².